The first-order valence-corrected chi connectivity index (χ1v) is 9.12. The van der Waals surface area contributed by atoms with Gasteiger partial charge in [-0.2, -0.15) is 11.8 Å². The van der Waals surface area contributed by atoms with Gasteiger partial charge in [-0.1, -0.05) is 12.1 Å². The SMILES string of the molecule is CN=C(NCc1ccc(C(=O)OC)cc1)NC1CCC(SC)C1.I. The number of thioether (sulfide) groups is 1. The highest BCUT2D eigenvalue weighted by Gasteiger charge is 2.24. The standard InChI is InChI=1S/C17H25N3O2S.HI/c1-18-17(20-14-8-9-15(10-14)23-3)19-11-12-4-6-13(7-5-12)16(21)22-2;/h4-7,14-15H,8-11H2,1-3H3,(H2,18,19,20);1H. The maximum Gasteiger partial charge on any atom is 0.337 e. The molecule has 2 rings (SSSR count). The Labute approximate surface area is 165 Å². The van der Waals surface area contributed by atoms with Crippen LogP contribution in [-0.2, 0) is 11.3 Å². The molecule has 0 amide bonds. The number of esters is 1. The molecule has 1 aromatic rings. The third-order valence-corrected chi connectivity index (χ3v) is 5.21. The van der Waals surface area contributed by atoms with Crippen LogP contribution in [0.15, 0.2) is 29.3 Å². The number of rotatable bonds is 5. The molecule has 7 heteroatoms. The van der Waals surface area contributed by atoms with Gasteiger partial charge in [0, 0.05) is 24.9 Å². The van der Waals surface area contributed by atoms with E-state index >= 15 is 0 Å². The summed E-state index contributed by atoms with van der Waals surface area (Å²) in [4.78, 5) is 15.7. The summed E-state index contributed by atoms with van der Waals surface area (Å²) in [6.07, 6.45) is 5.83. The van der Waals surface area contributed by atoms with E-state index in [4.69, 9.17) is 4.74 Å². The minimum atomic E-state index is -0.313. The van der Waals surface area contributed by atoms with Crippen LogP contribution in [0.4, 0.5) is 0 Å². The summed E-state index contributed by atoms with van der Waals surface area (Å²) >= 11 is 1.95. The Morgan fingerprint density at radius 3 is 2.58 bits per heavy atom. The lowest BCUT2D eigenvalue weighted by Crippen LogP contribution is -2.42. The number of methoxy groups -OCH3 is 1. The molecule has 0 radical (unpaired) electrons. The highest BCUT2D eigenvalue weighted by Crippen LogP contribution is 2.27. The van der Waals surface area contributed by atoms with Crippen molar-refractivity contribution in [3.63, 3.8) is 0 Å². The Morgan fingerprint density at radius 2 is 2.04 bits per heavy atom. The zero-order valence-corrected chi connectivity index (χ0v) is 17.5. The first-order valence-electron chi connectivity index (χ1n) is 7.83. The summed E-state index contributed by atoms with van der Waals surface area (Å²) in [5, 5.41) is 7.58. The van der Waals surface area contributed by atoms with Crippen LogP contribution in [0.1, 0.15) is 35.2 Å². The Kier molecular flexibility index (Phi) is 9.50. The minimum Gasteiger partial charge on any atom is -0.465 e. The zero-order chi connectivity index (χ0) is 16.7. The van der Waals surface area contributed by atoms with Crippen LogP contribution >= 0.6 is 35.7 Å². The largest absolute Gasteiger partial charge is 0.465 e. The van der Waals surface area contributed by atoms with Crippen LogP contribution in [0.2, 0.25) is 0 Å². The quantitative estimate of drug-likeness (QED) is 0.304. The molecule has 0 heterocycles. The fraction of sp³-hybridized carbons (Fsp3) is 0.529. The number of guanidine groups is 1. The first kappa shape index (κ1) is 21.1. The van der Waals surface area contributed by atoms with Crippen LogP contribution in [-0.4, -0.2) is 43.6 Å². The van der Waals surface area contributed by atoms with Gasteiger partial charge in [0.15, 0.2) is 5.96 Å². The Hall–Kier alpha value is -0.960. The van der Waals surface area contributed by atoms with E-state index in [0.717, 1.165) is 16.8 Å². The predicted molar refractivity (Wildman–Crippen MR) is 111 cm³/mol. The average molecular weight is 463 g/mol. The van der Waals surface area contributed by atoms with E-state index < -0.39 is 0 Å². The molecule has 2 N–H and O–H groups in total. The van der Waals surface area contributed by atoms with Gasteiger partial charge in [-0.15, -0.1) is 24.0 Å². The molecule has 0 saturated heterocycles. The van der Waals surface area contributed by atoms with Gasteiger partial charge >= 0.3 is 5.97 Å². The van der Waals surface area contributed by atoms with E-state index in [2.05, 4.69) is 21.9 Å². The van der Waals surface area contributed by atoms with Crippen molar-refractivity contribution in [1.29, 1.82) is 0 Å². The van der Waals surface area contributed by atoms with Crippen molar-refractivity contribution in [2.45, 2.75) is 37.1 Å². The number of carbonyl (C=O) groups excluding carboxylic acids is 1. The van der Waals surface area contributed by atoms with Crippen LogP contribution in [0.25, 0.3) is 0 Å². The number of nitrogens with zero attached hydrogens (tertiary/aromatic N) is 1. The number of halogens is 1. The molecule has 0 aliphatic heterocycles. The second kappa shape index (κ2) is 10.8. The van der Waals surface area contributed by atoms with Crippen molar-refractivity contribution >= 4 is 47.7 Å². The van der Waals surface area contributed by atoms with Crippen molar-refractivity contribution in [3.05, 3.63) is 35.4 Å². The van der Waals surface area contributed by atoms with E-state index in [1.165, 1.54) is 26.4 Å². The van der Waals surface area contributed by atoms with Crippen molar-refractivity contribution in [1.82, 2.24) is 10.6 Å². The fourth-order valence-electron chi connectivity index (χ4n) is 2.74. The van der Waals surface area contributed by atoms with Crippen molar-refractivity contribution in [2.75, 3.05) is 20.4 Å². The molecule has 134 valence electrons. The number of carbonyl (C=O) groups is 1. The second-order valence-electron chi connectivity index (χ2n) is 5.63. The van der Waals surface area contributed by atoms with Crippen LogP contribution in [0.3, 0.4) is 0 Å². The van der Waals surface area contributed by atoms with E-state index in [0.29, 0.717) is 18.2 Å². The Morgan fingerprint density at radius 1 is 1.33 bits per heavy atom. The fourth-order valence-corrected chi connectivity index (χ4v) is 3.53. The molecular formula is C17H26IN3O2S. The van der Waals surface area contributed by atoms with Crippen molar-refractivity contribution < 1.29 is 9.53 Å². The van der Waals surface area contributed by atoms with Crippen LogP contribution < -0.4 is 10.6 Å². The van der Waals surface area contributed by atoms with E-state index in [1.54, 1.807) is 19.2 Å². The molecule has 1 fully saturated rings. The Balaban J connectivity index is 0.00000288. The topological polar surface area (TPSA) is 62.7 Å². The molecule has 2 unspecified atom stereocenters. The summed E-state index contributed by atoms with van der Waals surface area (Å²) in [7, 11) is 3.18. The van der Waals surface area contributed by atoms with E-state index in [-0.39, 0.29) is 29.9 Å². The highest BCUT2D eigenvalue weighted by atomic mass is 127. The summed E-state index contributed by atoms with van der Waals surface area (Å²) in [5.74, 6) is 0.514. The number of ether oxygens (including phenoxy) is 1. The highest BCUT2D eigenvalue weighted by molar-refractivity contribution is 14.0. The molecule has 1 saturated carbocycles. The van der Waals surface area contributed by atoms with Crippen LogP contribution in [0, 0.1) is 0 Å². The minimum absolute atomic E-state index is 0. The average Bonchev–Trinajstić information content (AvgIpc) is 3.06. The molecule has 5 nitrogen and oxygen atoms in total. The molecule has 0 aromatic heterocycles. The number of hydrogen-bond donors (Lipinski definition) is 2. The van der Waals surface area contributed by atoms with E-state index in [9.17, 15) is 4.79 Å². The summed E-state index contributed by atoms with van der Waals surface area (Å²) in [5.41, 5.74) is 1.65. The van der Waals surface area contributed by atoms with E-state index in [1.807, 2.05) is 23.9 Å². The summed E-state index contributed by atoms with van der Waals surface area (Å²) in [6.45, 7) is 0.666. The van der Waals surface area contributed by atoms with Gasteiger partial charge in [-0.25, -0.2) is 4.79 Å². The van der Waals surface area contributed by atoms with Gasteiger partial charge in [-0.05, 0) is 43.2 Å². The molecule has 2 atom stereocenters. The van der Waals surface area contributed by atoms with Gasteiger partial charge in [0.2, 0.25) is 0 Å². The van der Waals surface area contributed by atoms with Crippen molar-refractivity contribution in [3.8, 4) is 0 Å². The molecule has 24 heavy (non-hydrogen) atoms. The van der Waals surface area contributed by atoms with Gasteiger partial charge in [-0.3, -0.25) is 4.99 Å². The smallest absolute Gasteiger partial charge is 0.337 e. The normalized spacial score (nSPS) is 20.2. The maximum atomic E-state index is 11.4. The summed E-state index contributed by atoms with van der Waals surface area (Å²) in [6, 6.07) is 7.90. The zero-order valence-electron chi connectivity index (χ0n) is 14.4. The van der Waals surface area contributed by atoms with Gasteiger partial charge in [0.1, 0.15) is 0 Å². The number of aliphatic imine (C=N–C) groups is 1. The molecule has 1 aliphatic rings. The van der Waals surface area contributed by atoms with Gasteiger partial charge in [0.05, 0.1) is 12.7 Å². The molecular weight excluding hydrogens is 437 g/mol. The molecule has 1 aromatic carbocycles. The molecule has 0 bridgehead atoms. The van der Waals surface area contributed by atoms with Gasteiger partial charge < -0.3 is 15.4 Å². The summed E-state index contributed by atoms with van der Waals surface area (Å²) < 4.78 is 4.70. The van der Waals surface area contributed by atoms with Crippen LogP contribution in [0.5, 0.6) is 0 Å². The maximum absolute atomic E-state index is 11.4. The molecule has 0 spiro atoms. The number of nitrogens with one attached hydrogen (secondary N) is 2. The number of hydrogen-bond acceptors (Lipinski definition) is 4. The van der Waals surface area contributed by atoms with Crippen molar-refractivity contribution in [2.24, 2.45) is 4.99 Å². The lowest BCUT2D eigenvalue weighted by atomic mass is 10.1. The lowest BCUT2D eigenvalue weighted by molar-refractivity contribution is 0.0600. The third-order valence-electron chi connectivity index (χ3n) is 4.12. The third kappa shape index (κ3) is 6.16. The first-order chi connectivity index (χ1) is 11.2. The van der Waals surface area contributed by atoms with Gasteiger partial charge in [0.25, 0.3) is 0 Å². The number of benzene rings is 1. The monoisotopic (exact) mass is 463 g/mol. The Bertz CT molecular complexity index is 551. The predicted octanol–water partition coefficient (Wildman–Crippen LogP) is 3.04. The second-order valence-corrected chi connectivity index (χ2v) is 6.76. The molecule has 1 aliphatic carbocycles. The lowest BCUT2D eigenvalue weighted by Gasteiger charge is -2.17.